The van der Waals surface area contributed by atoms with Crippen molar-refractivity contribution in [1.29, 1.82) is 0 Å². The Morgan fingerprint density at radius 3 is 2.15 bits per heavy atom. The van der Waals surface area contributed by atoms with Gasteiger partial charge in [-0.05, 0) is 89.3 Å². The van der Waals surface area contributed by atoms with Crippen LogP contribution in [0.15, 0.2) is 52.9 Å². The van der Waals surface area contributed by atoms with Crippen LogP contribution in [0.25, 0.3) is 11.5 Å². The van der Waals surface area contributed by atoms with Crippen LogP contribution in [-0.4, -0.2) is 69.2 Å². The molecule has 2 saturated heterocycles. The highest BCUT2D eigenvalue weighted by Gasteiger charge is 2.28. The van der Waals surface area contributed by atoms with Crippen molar-refractivity contribution in [3.8, 4) is 11.5 Å². The zero-order valence-corrected chi connectivity index (χ0v) is 26.2. The van der Waals surface area contributed by atoms with E-state index in [4.69, 9.17) is 31.8 Å². The molecule has 2 unspecified atom stereocenters. The number of amides is 2. The zero-order valence-electron chi connectivity index (χ0n) is 22.4. The Bertz CT molecular complexity index is 1340. The predicted octanol–water partition coefficient (Wildman–Crippen LogP) is 5.39. The largest absolute Gasteiger partial charge is 0.419 e. The van der Waals surface area contributed by atoms with Gasteiger partial charge >= 0.3 is 0 Å². The molecule has 5 rings (SSSR count). The highest BCUT2D eigenvalue weighted by atomic mass is 36.0. The van der Waals surface area contributed by atoms with Crippen molar-refractivity contribution in [2.75, 3.05) is 27.2 Å². The predicted molar refractivity (Wildman–Crippen MR) is 162 cm³/mol. The van der Waals surface area contributed by atoms with Crippen LogP contribution in [0.2, 0.25) is 10.0 Å². The minimum atomic E-state index is -1.67. The summed E-state index contributed by atoms with van der Waals surface area (Å²) in [6, 6.07) is 14.1. The Kier molecular flexibility index (Phi) is 13.3. The highest BCUT2D eigenvalue weighted by Crippen LogP contribution is 2.31. The third-order valence-electron chi connectivity index (χ3n) is 6.53. The van der Waals surface area contributed by atoms with E-state index < -0.39 is 9.23 Å². The third-order valence-corrected chi connectivity index (χ3v) is 7.00. The van der Waals surface area contributed by atoms with Crippen molar-refractivity contribution >= 4 is 65.6 Å². The molecule has 2 aromatic carbocycles. The van der Waals surface area contributed by atoms with E-state index in [1.54, 1.807) is 24.3 Å². The first kappa shape index (κ1) is 33.3. The van der Waals surface area contributed by atoms with E-state index in [0.29, 0.717) is 27.4 Å². The summed E-state index contributed by atoms with van der Waals surface area (Å²) in [5.41, 5.74) is 6.12. The van der Waals surface area contributed by atoms with Gasteiger partial charge in [-0.15, -0.1) is 10.2 Å². The summed E-state index contributed by atoms with van der Waals surface area (Å²) in [5, 5.41) is 9.41. The molecule has 3 aromatic rings. The average Bonchev–Trinajstić information content (AvgIpc) is 3.68. The van der Waals surface area contributed by atoms with Crippen LogP contribution in [0.3, 0.4) is 0 Å². The molecule has 0 spiro atoms. The number of hydrogen-bond donors (Lipinski definition) is 2. The van der Waals surface area contributed by atoms with Gasteiger partial charge in [-0.1, -0.05) is 35.3 Å². The number of carbonyl (C=O) groups is 2. The smallest absolute Gasteiger partial charge is 0.269 e. The van der Waals surface area contributed by atoms with Crippen LogP contribution < -0.4 is 10.9 Å². The summed E-state index contributed by atoms with van der Waals surface area (Å²) in [5.74, 6) is 0.671. The lowest BCUT2D eigenvalue weighted by molar-refractivity contribution is -0.125. The van der Waals surface area contributed by atoms with E-state index in [2.05, 4.69) is 54.4 Å². The number of nitrogens with zero attached hydrogens (tertiary/aromatic N) is 4. The lowest BCUT2D eigenvalue weighted by atomic mass is 10.2. The van der Waals surface area contributed by atoms with Gasteiger partial charge in [0.05, 0.1) is 12.1 Å². The molecule has 0 bridgehead atoms. The fraction of sp³-hybridized carbons (Fsp3) is 0.385. The minimum Gasteiger partial charge on any atom is -0.419 e. The molecule has 41 heavy (non-hydrogen) atoms. The van der Waals surface area contributed by atoms with Crippen molar-refractivity contribution in [3.63, 3.8) is 0 Å². The summed E-state index contributed by atoms with van der Waals surface area (Å²) < 4.78 is 14.8. The number of halogens is 4. The Hall–Kier alpha value is -2.25. The monoisotopic (exact) mass is 662 g/mol. The lowest BCUT2D eigenvalue weighted by Gasteiger charge is -2.18. The molecule has 2 atom stereocenters. The number of benzene rings is 2. The molecule has 1 aromatic heterocycles. The first-order valence-corrected chi connectivity index (χ1v) is 16.2. The van der Waals surface area contributed by atoms with Gasteiger partial charge in [0.2, 0.25) is 21.0 Å². The van der Waals surface area contributed by atoms with Crippen molar-refractivity contribution in [2.24, 2.45) is 0 Å². The molecule has 2 fully saturated rings. The third kappa shape index (κ3) is 10.5. The number of likely N-dealkylation sites (tertiary alicyclic amines) is 2. The van der Waals surface area contributed by atoms with Gasteiger partial charge < -0.3 is 4.42 Å². The van der Waals surface area contributed by atoms with E-state index in [0.717, 1.165) is 37.9 Å². The van der Waals surface area contributed by atoms with Gasteiger partial charge in [0.15, 0.2) is 0 Å². The zero-order chi connectivity index (χ0) is 29.9. The van der Waals surface area contributed by atoms with Crippen molar-refractivity contribution < 1.29 is 18.2 Å². The first-order chi connectivity index (χ1) is 19.5. The molecular weight excluding hydrogens is 634 g/mol. The molecule has 2 N–H and O–H groups in total. The maximum Gasteiger partial charge on any atom is 0.269 e. The maximum absolute atomic E-state index is 11.9. The molecule has 0 aliphatic carbocycles. The number of likely N-dealkylation sites (N-methyl/N-ethyl adjacent to an activating group) is 1. The number of nitrogens with one attached hydrogen (secondary N) is 2. The number of rotatable bonds is 4. The molecule has 10 nitrogen and oxygen atoms in total. The molecule has 2 amide bonds. The quantitative estimate of drug-likeness (QED) is 0.282. The van der Waals surface area contributed by atoms with E-state index in [1.165, 1.54) is 6.42 Å². The summed E-state index contributed by atoms with van der Waals surface area (Å²) >= 11 is 11.8. The van der Waals surface area contributed by atoms with Crippen molar-refractivity contribution in [1.82, 2.24) is 30.8 Å². The van der Waals surface area contributed by atoms with E-state index in [9.17, 15) is 9.59 Å². The number of hydrogen-bond acceptors (Lipinski definition) is 8. The van der Waals surface area contributed by atoms with Gasteiger partial charge in [-0.3, -0.25) is 30.2 Å². The van der Waals surface area contributed by atoms with E-state index in [1.807, 2.05) is 36.2 Å². The van der Waals surface area contributed by atoms with Crippen LogP contribution in [-0.2, 0) is 14.0 Å². The average molecular weight is 664 g/mol. The Labute approximate surface area is 260 Å². The second-order valence-corrected chi connectivity index (χ2v) is 12.8. The van der Waals surface area contributed by atoms with Gasteiger partial charge in [0.1, 0.15) is 0 Å². The van der Waals surface area contributed by atoms with Crippen LogP contribution in [0.5, 0.6) is 0 Å². The molecule has 222 valence electrons. The molecule has 2 aliphatic rings. The van der Waals surface area contributed by atoms with Crippen LogP contribution in [0.1, 0.15) is 48.0 Å². The standard InChI is InChI=1S/C13H16ClN3O2.C13H14ClN3O.Cl2OS/c1-17-7-3-6-11(17)13(19)16-15-12(18)9-4-2-5-10(14)8-9;1-17-7-3-6-11(17)13-16-15-12(18-13)9-4-2-5-10(14)8-9;1-4(2)3/h2,4-5,8,11H,3,6-7H2,1H3,(H,15,18)(H,16,19);2,4-5,8,11H,3,6-7H2,1H3;. The summed E-state index contributed by atoms with van der Waals surface area (Å²) in [4.78, 5) is 27.9. The topological polar surface area (TPSA) is 121 Å². The van der Waals surface area contributed by atoms with Crippen LogP contribution in [0, 0.1) is 0 Å². The highest BCUT2D eigenvalue weighted by molar-refractivity contribution is 8.26. The number of carbonyl (C=O) groups excluding carboxylic acids is 2. The summed E-state index contributed by atoms with van der Waals surface area (Å²) in [6.07, 6.45) is 4.07. The minimum absolute atomic E-state index is 0.167. The molecule has 0 radical (unpaired) electrons. The summed E-state index contributed by atoms with van der Waals surface area (Å²) in [6.45, 7) is 1.99. The van der Waals surface area contributed by atoms with Gasteiger partial charge in [-0.25, -0.2) is 4.21 Å². The number of hydrazine groups is 1. The van der Waals surface area contributed by atoms with Crippen molar-refractivity contribution in [3.05, 3.63) is 70.0 Å². The second kappa shape index (κ2) is 16.4. The van der Waals surface area contributed by atoms with Gasteiger partial charge in [0.25, 0.3) is 11.8 Å². The van der Waals surface area contributed by atoms with Crippen LogP contribution in [0.4, 0.5) is 0 Å². The number of aromatic nitrogens is 2. The fourth-order valence-electron chi connectivity index (χ4n) is 4.47. The van der Waals surface area contributed by atoms with Gasteiger partial charge in [0, 0.05) is 42.5 Å². The maximum atomic E-state index is 11.9. The van der Waals surface area contributed by atoms with E-state index in [-0.39, 0.29) is 23.9 Å². The normalized spacial score (nSPS) is 18.7. The van der Waals surface area contributed by atoms with E-state index >= 15 is 0 Å². The fourth-order valence-corrected chi connectivity index (χ4v) is 4.86. The molecule has 2 aliphatic heterocycles. The second-order valence-electron chi connectivity index (χ2n) is 9.37. The SMILES string of the molecule is CN1CCCC1C(=O)NNC(=O)c1cccc(Cl)c1.CN1CCCC1c1nnc(-c2cccc(Cl)c2)o1.O=S(Cl)Cl. The van der Waals surface area contributed by atoms with Crippen LogP contribution >= 0.6 is 44.6 Å². The van der Waals surface area contributed by atoms with Gasteiger partial charge in [-0.2, -0.15) is 0 Å². The molecule has 15 heteroatoms. The Balaban J connectivity index is 0.000000200. The Morgan fingerprint density at radius 1 is 0.927 bits per heavy atom. The first-order valence-electron chi connectivity index (χ1n) is 12.6. The Morgan fingerprint density at radius 2 is 1.56 bits per heavy atom. The molecular formula is C26H30Cl4N6O4S. The summed E-state index contributed by atoms with van der Waals surface area (Å²) in [7, 11) is 11.3. The molecule has 3 heterocycles. The lowest BCUT2D eigenvalue weighted by Crippen LogP contribution is -2.49. The van der Waals surface area contributed by atoms with Crippen molar-refractivity contribution in [2.45, 2.75) is 37.8 Å². The molecule has 0 saturated carbocycles.